The number of aromatic nitrogens is 2. The highest BCUT2D eigenvalue weighted by atomic mass is 32.1. The summed E-state index contributed by atoms with van der Waals surface area (Å²) in [7, 11) is 0. The van der Waals surface area contributed by atoms with E-state index in [1.807, 2.05) is 6.92 Å². The molecule has 0 bridgehead atoms. The third-order valence-electron chi connectivity index (χ3n) is 3.54. The van der Waals surface area contributed by atoms with Gasteiger partial charge in [-0.1, -0.05) is 6.92 Å². The molecule has 0 aliphatic rings. The van der Waals surface area contributed by atoms with Gasteiger partial charge in [0.15, 0.2) is 0 Å². The molecule has 0 spiro atoms. The first-order valence-corrected chi connectivity index (χ1v) is 7.68. The van der Waals surface area contributed by atoms with Crippen molar-refractivity contribution in [3.05, 3.63) is 26.6 Å². The number of carboxylic acid groups (broad SMARTS) is 1. The number of carboxylic acids is 1. The van der Waals surface area contributed by atoms with Crippen molar-refractivity contribution < 1.29 is 14.7 Å². The number of carbonyl (C=O) groups is 2. The van der Waals surface area contributed by atoms with Gasteiger partial charge in [-0.2, -0.15) is 0 Å². The van der Waals surface area contributed by atoms with E-state index in [4.69, 9.17) is 5.73 Å². The third kappa shape index (κ3) is 2.50. The van der Waals surface area contributed by atoms with E-state index in [0.717, 1.165) is 17.8 Å². The van der Waals surface area contributed by atoms with E-state index in [9.17, 15) is 19.5 Å². The Balaban J connectivity index is 2.88. The van der Waals surface area contributed by atoms with Crippen molar-refractivity contribution in [2.24, 2.45) is 5.73 Å². The van der Waals surface area contributed by atoms with Crippen LogP contribution >= 0.6 is 11.3 Å². The van der Waals surface area contributed by atoms with Crippen LogP contribution in [0.3, 0.4) is 0 Å². The molecule has 0 aliphatic heterocycles. The molecule has 0 aliphatic carbocycles. The Labute approximate surface area is 130 Å². The van der Waals surface area contributed by atoms with Gasteiger partial charge in [0.2, 0.25) is 5.91 Å². The minimum absolute atomic E-state index is 0.0894. The predicted octanol–water partition coefficient (Wildman–Crippen LogP) is 1.46. The zero-order valence-corrected chi connectivity index (χ0v) is 13.4. The van der Waals surface area contributed by atoms with Crippen LogP contribution in [0.1, 0.15) is 47.4 Å². The fraction of sp³-hybridized carbons (Fsp3) is 0.429. The van der Waals surface area contributed by atoms with Crippen LogP contribution in [0, 0.1) is 6.92 Å². The largest absolute Gasteiger partial charge is 0.477 e. The fourth-order valence-corrected chi connectivity index (χ4v) is 3.40. The molecule has 0 saturated carbocycles. The molecule has 2 aromatic rings. The minimum Gasteiger partial charge on any atom is -0.477 e. The van der Waals surface area contributed by atoms with Crippen LogP contribution in [0.15, 0.2) is 4.79 Å². The number of carbonyl (C=O) groups excluding carboxylic acids is 1. The van der Waals surface area contributed by atoms with Crippen molar-refractivity contribution in [3.63, 3.8) is 0 Å². The Morgan fingerprint density at radius 2 is 2.09 bits per heavy atom. The molecule has 2 aromatic heterocycles. The molecule has 3 N–H and O–H groups in total. The highest BCUT2D eigenvalue weighted by molar-refractivity contribution is 7.20. The number of rotatable bonds is 5. The maximum Gasteiger partial charge on any atom is 0.346 e. The number of thiophene rings is 1. The number of hydrogen-bond acceptors (Lipinski definition) is 5. The van der Waals surface area contributed by atoms with Gasteiger partial charge < -0.3 is 10.8 Å². The van der Waals surface area contributed by atoms with Crippen LogP contribution in [0.5, 0.6) is 0 Å². The molecule has 0 radical (unpaired) electrons. The van der Waals surface area contributed by atoms with Gasteiger partial charge in [-0.15, -0.1) is 11.3 Å². The number of nitrogens with zero attached hydrogens (tertiary/aromatic N) is 2. The second-order valence-corrected chi connectivity index (χ2v) is 6.07. The molecule has 1 amide bonds. The van der Waals surface area contributed by atoms with E-state index in [-0.39, 0.29) is 10.3 Å². The Kier molecular flexibility index (Phi) is 4.32. The summed E-state index contributed by atoms with van der Waals surface area (Å²) >= 11 is 0.975. The van der Waals surface area contributed by atoms with Crippen LogP contribution < -0.4 is 11.3 Å². The number of hydrogen-bond donors (Lipinski definition) is 2. The molecule has 8 heteroatoms. The fourth-order valence-electron chi connectivity index (χ4n) is 2.37. The Morgan fingerprint density at radius 3 is 2.59 bits per heavy atom. The van der Waals surface area contributed by atoms with Crippen LogP contribution in [0.25, 0.3) is 10.2 Å². The summed E-state index contributed by atoms with van der Waals surface area (Å²) in [5.41, 5.74) is 5.28. The number of amides is 1. The van der Waals surface area contributed by atoms with E-state index < -0.39 is 23.5 Å². The smallest absolute Gasteiger partial charge is 0.346 e. The maximum absolute atomic E-state index is 12.8. The minimum atomic E-state index is -1.09. The topological polar surface area (TPSA) is 115 Å². The Bertz CT molecular complexity index is 822. The van der Waals surface area contributed by atoms with Crippen molar-refractivity contribution in [2.45, 2.75) is 39.7 Å². The molecule has 0 saturated heterocycles. The molecule has 0 aromatic carbocycles. The van der Waals surface area contributed by atoms with Crippen LogP contribution in [-0.4, -0.2) is 26.5 Å². The number of nitrogens with two attached hydrogens (primary N) is 1. The quantitative estimate of drug-likeness (QED) is 0.864. The first kappa shape index (κ1) is 16.2. The van der Waals surface area contributed by atoms with E-state index in [1.165, 1.54) is 11.5 Å². The maximum atomic E-state index is 12.8. The average molecular weight is 323 g/mol. The summed E-state index contributed by atoms with van der Waals surface area (Å²) in [5, 5.41) is 9.44. The molecule has 1 unspecified atom stereocenters. The van der Waals surface area contributed by atoms with E-state index >= 15 is 0 Å². The number of aromatic carboxylic acids is 1. The summed E-state index contributed by atoms with van der Waals surface area (Å²) in [6.45, 7) is 5.04. The highest BCUT2D eigenvalue weighted by Crippen LogP contribution is 2.28. The third-order valence-corrected chi connectivity index (χ3v) is 4.71. The second kappa shape index (κ2) is 5.88. The lowest BCUT2D eigenvalue weighted by Crippen LogP contribution is -2.35. The molecule has 2 heterocycles. The summed E-state index contributed by atoms with van der Waals surface area (Å²) in [6.07, 6.45) is 1.24. The first-order valence-electron chi connectivity index (χ1n) is 6.86. The van der Waals surface area contributed by atoms with Gasteiger partial charge in [0, 0.05) is 6.42 Å². The van der Waals surface area contributed by atoms with Crippen molar-refractivity contribution in [1.29, 1.82) is 0 Å². The normalized spacial score (nSPS) is 12.5. The van der Waals surface area contributed by atoms with E-state index in [2.05, 4.69) is 4.98 Å². The molecule has 1 atom stereocenters. The van der Waals surface area contributed by atoms with Crippen LogP contribution in [0.4, 0.5) is 0 Å². The van der Waals surface area contributed by atoms with E-state index in [1.54, 1.807) is 6.92 Å². The highest BCUT2D eigenvalue weighted by Gasteiger charge is 2.24. The lowest BCUT2D eigenvalue weighted by molar-refractivity contribution is -0.120. The summed E-state index contributed by atoms with van der Waals surface area (Å²) in [5.74, 6) is -1.28. The first-order chi connectivity index (χ1) is 10.3. The van der Waals surface area contributed by atoms with Gasteiger partial charge in [0.25, 0.3) is 5.56 Å². The molecular weight excluding hydrogens is 306 g/mol. The molecule has 7 nitrogen and oxygen atoms in total. The lowest BCUT2D eigenvalue weighted by Gasteiger charge is -2.16. The van der Waals surface area contributed by atoms with Gasteiger partial charge >= 0.3 is 5.97 Å². The van der Waals surface area contributed by atoms with Crippen molar-refractivity contribution in [1.82, 2.24) is 9.55 Å². The van der Waals surface area contributed by atoms with Gasteiger partial charge in [0.1, 0.15) is 21.6 Å². The Morgan fingerprint density at radius 1 is 1.45 bits per heavy atom. The van der Waals surface area contributed by atoms with Gasteiger partial charge in [0.05, 0.1) is 5.39 Å². The molecule has 118 valence electrons. The van der Waals surface area contributed by atoms with E-state index in [0.29, 0.717) is 22.6 Å². The molecule has 0 fully saturated rings. The van der Waals surface area contributed by atoms with Crippen LogP contribution in [0.2, 0.25) is 0 Å². The summed E-state index contributed by atoms with van der Waals surface area (Å²) in [4.78, 5) is 40.4. The number of aryl methyl sites for hydroxylation is 2. The van der Waals surface area contributed by atoms with Crippen LogP contribution in [-0.2, 0) is 11.2 Å². The summed E-state index contributed by atoms with van der Waals surface area (Å²) in [6, 6.07) is -0.835. The zero-order valence-electron chi connectivity index (χ0n) is 12.5. The summed E-state index contributed by atoms with van der Waals surface area (Å²) < 4.78 is 1.28. The molecule has 22 heavy (non-hydrogen) atoms. The SMILES string of the molecule is CCCc1nc2sc(C(=O)O)c(C)c2c(=O)n1C(C)C(N)=O. The van der Waals surface area contributed by atoms with Gasteiger partial charge in [-0.05, 0) is 25.8 Å². The van der Waals surface area contributed by atoms with Gasteiger partial charge in [-0.25, -0.2) is 9.78 Å². The van der Waals surface area contributed by atoms with Crippen molar-refractivity contribution in [2.75, 3.05) is 0 Å². The Hall–Kier alpha value is -2.22. The second-order valence-electron chi connectivity index (χ2n) is 5.07. The van der Waals surface area contributed by atoms with Gasteiger partial charge in [-0.3, -0.25) is 14.2 Å². The average Bonchev–Trinajstić information content (AvgIpc) is 2.76. The molecular formula is C14H17N3O4S. The van der Waals surface area contributed by atoms with Crippen molar-refractivity contribution in [3.8, 4) is 0 Å². The lowest BCUT2D eigenvalue weighted by atomic mass is 10.2. The zero-order chi connectivity index (χ0) is 16.6. The standard InChI is InChI=1S/C14H17N3O4S/c1-4-5-8-16-12-9(6(2)10(22-12)14(20)21)13(19)17(8)7(3)11(15)18/h7H,4-5H2,1-3H3,(H2,15,18)(H,20,21). The van der Waals surface area contributed by atoms with Crippen molar-refractivity contribution >= 4 is 33.4 Å². The predicted molar refractivity (Wildman–Crippen MR) is 83.5 cm³/mol. The number of primary amides is 1. The monoisotopic (exact) mass is 323 g/mol. The molecule has 2 rings (SSSR count). The number of fused-ring (bicyclic) bond motifs is 1.